The van der Waals surface area contributed by atoms with Crippen LogP contribution in [0.25, 0.3) is 0 Å². The molecule has 5 nitrogen and oxygen atoms in total. The van der Waals surface area contributed by atoms with Crippen molar-refractivity contribution in [3.05, 3.63) is 36.6 Å². The Morgan fingerprint density at radius 3 is 2.52 bits per heavy atom. The van der Waals surface area contributed by atoms with Gasteiger partial charge in [0.25, 0.3) is 0 Å². The predicted molar refractivity (Wildman–Crippen MR) is 80.1 cm³/mol. The van der Waals surface area contributed by atoms with Gasteiger partial charge < -0.3 is 19.3 Å². The molecule has 1 rings (SSSR count). The van der Waals surface area contributed by atoms with Crippen LogP contribution in [0.5, 0.6) is 11.5 Å². The minimum Gasteiger partial charge on any atom is -0.502 e. The molecule has 0 aliphatic carbocycles. The fourth-order valence-corrected chi connectivity index (χ4v) is 1.83. The number of hydrogen-bond acceptors (Lipinski definition) is 4. The lowest BCUT2D eigenvalue weighted by atomic mass is 10.2. The predicted octanol–water partition coefficient (Wildman–Crippen LogP) is 3.49. The molecule has 21 heavy (non-hydrogen) atoms. The highest BCUT2D eigenvalue weighted by atomic mass is 16.5. The molecule has 0 aliphatic heterocycles. The van der Waals surface area contributed by atoms with Gasteiger partial charge in [-0.25, -0.2) is 4.79 Å². The Kier molecular flexibility index (Phi) is 7.79. The Hall–Kier alpha value is -2.17. The third kappa shape index (κ3) is 6.21. The molecule has 0 aliphatic rings. The van der Waals surface area contributed by atoms with Crippen LogP contribution in [-0.2, 0) is 4.74 Å². The first-order valence-electron chi connectivity index (χ1n) is 6.95. The van der Waals surface area contributed by atoms with Crippen LogP contribution in [0, 0.1) is 0 Å². The Morgan fingerprint density at radius 2 is 1.90 bits per heavy atom. The number of hydrogen-bond donors (Lipinski definition) is 1. The summed E-state index contributed by atoms with van der Waals surface area (Å²) in [5.74, 6) is 0.0216. The van der Waals surface area contributed by atoms with E-state index in [2.05, 4.69) is 6.58 Å². The summed E-state index contributed by atoms with van der Waals surface area (Å²) in [5, 5.41) is 8.92. The van der Waals surface area contributed by atoms with Crippen LogP contribution in [0.2, 0.25) is 0 Å². The molecule has 0 atom stereocenters. The van der Waals surface area contributed by atoms with E-state index < -0.39 is 5.97 Å². The maximum Gasteiger partial charge on any atom is 0.335 e. The number of aromatic carboxylic acids is 1. The van der Waals surface area contributed by atoms with Gasteiger partial charge in [-0.1, -0.05) is 6.58 Å². The van der Waals surface area contributed by atoms with Gasteiger partial charge in [0.2, 0.25) is 0 Å². The maximum absolute atomic E-state index is 10.9. The molecule has 5 heteroatoms. The second kappa shape index (κ2) is 9.69. The van der Waals surface area contributed by atoms with E-state index >= 15 is 0 Å². The molecule has 0 radical (unpaired) electrons. The third-order valence-corrected chi connectivity index (χ3v) is 2.94. The lowest BCUT2D eigenvalue weighted by Gasteiger charge is -2.11. The number of unbranched alkanes of at least 4 members (excludes halogenated alkanes) is 3. The van der Waals surface area contributed by atoms with Crippen LogP contribution in [0.15, 0.2) is 31.0 Å². The quantitative estimate of drug-likeness (QED) is 0.500. The number of carboxylic acids is 1. The van der Waals surface area contributed by atoms with Crippen molar-refractivity contribution in [3.8, 4) is 11.5 Å². The number of methoxy groups -OCH3 is 1. The molecule has 0 spiro atoms. The highest BCUT2D eigenvalue weighted by Crippen LogP contribution is 2.28. The smallest absolute Gasteiger partial charge is 0.335 e. The van der Waals surface area contributed by atoms with E-state index in [9.17, 15) is 4.79 Å². The van der Waals surface area contributed by atoms with Crippen molar-refractivity contribution in [2.75, 3.05) is 20.3 Å². The van der Waals surface area contributed by atoms with E-state index in [4.69, 9.17) is 19.3 Å². The van der Waals surface area contributed by atoms with Crippen LogP contribution in [-0.4, -0.2) is 31.4 Å². The van der Waals surface area contributed by atoms with E-state index in [-0.39, 0.29) is 5.56 Å². The van der Waals surface area contributed by atoms with Crippen molar-refractivity contribution in [3.63, 3.8) is 0 Å². The number of benzene rings is 1. The summed E-state index contributed by atoms with van der Waals surface area (Å²) < 4.78 is 15.8. The molecule has 1 aromatic carbocycles. The monoisotopic (exact) mass is 294 g/mol. The average Bonchev–Trinajstić information content (AvgIpc) is 2.49. The van der Waals surface area contributed by atoms with E-state index in [1.165, 1.54) is 25.5 Å². The Morgan fingerprint density at radius 1 is 1.19 bits per heavy atom. The fraction of sp³-hybridized carbons (Fsp3) is 0.438. The van der Waals surface area contributed by atoms with E-state index in [0.29, 0.717) is 24.7 Å². The van der Waals surface area contributed by atoms with Gasteiger partial charge in [0.15, 0.2) is 11.5 Å². The van der Waals surface area contributed by atoms with Gasteiger partial charge in [-0.15, -0.1) is 0 Å². The van der Waals surface area contributed by atoms with Gasteiger partial charge in [-0.2, -0.15) is 0 Å². The second-order valence-electron chi connectivity index (χ2n) is 4.47. The average molecular weight is 294 g/mol. The molecule has 1 aromatic rings. The Labute approximate surface area is 125 Å². The summed E-state index contributed by atoms with van der Waals surface area (Å²) in [7, 11) is 1.49. The topological polar surface area (TPSA) is 65.0 Å². The van der Waals surface area contributed by atoms with Crippen LogP contribution in [0.3, 0.4) is 0 Å². The zero-order valence-corrected chi connectivity index (χ0v) is 12.3. The van der Waals surface area contributed by atoms with Crippen LogP contribution in [0.1, 0.15) is 36.0 Å². The third-order valence-electron chi connectivity index (χ3n) is 2.94. The zero-order valence-electron chi connectivity index (χ0n) is 12.3. The number of rotatable bonds is 11. The van der Waals surface area contributed by atoms with Gasteiger partial charge >= 0.3 is 5.97 Å². The van der Waals surface area contributed by atoms with Crippen molar-refractivity contribution in [2.45, 2.75) is 25.7 Å². The Balaban J connectivity index is 2.31. The number of ether oxygens (including phenoxy) is 3. The molecule has 0 aromatic heterocycles. The van der Waals surface area contributed by atoms with Crippen molar-refractivity contribution in [1.29, 1.82) is 0 Å². The standard InChI is InChI=1S/C16H22O5/c1-3-20-10-6-4-5-7-11-21-14-9-8-13(16(17)18)12-15(14)19-2/h3,8-9,12H,1,4-7,10-11H2,2H3,(H,17,18). The van der Waals surface area contributed by atoms with Crippen molar-refractivity contribution in [2.24, 2.45) is 0 Å². The molecule has 1 N–H and O–H groups in total. The molecular formula is C16H22O5. The summed E-state index contributed by atoms with van der Waals surface area (Å²) >= 11 is 0. The first-order valence-corrected chi connectivity index (χ1v) is 6.95. The van der Waals surface area contributed by atoms with E-state index in [1.807, 2.05) is 0 Å². The molecule has 116 valence electrons. The molecule has 0 amide bonds. The van der Waals surface area contributed by atoms with Crippen LogP contribution < -0.4 is 9.47 Å². The van der Waals surface area contributed by atoms with Crippen LogP contribution >= 0.6 is 0 Å². The minimum atomic E-state index is -0.985. The highest BCUT2D eigenvalue weighted by Gasteiger charge is 2.09. The van der Waals surface area contributed by atoms with Gasteiger partial charge in [0, 0.05) is 0 Å². The lowest BCUT2D eigenvalue weighted by molar-refractivity contribution is 0.0696. The summed E-state index contributed by atoms with van der Waals surface area (Å²) in [6, 6.07) is 4.59. The van der Waals surface area contributed by atoms with Crippen molar-refractivity contribution in [1.82, 2.24) is 0 Å². The van der Waals surface area contributed by atoms with Crippen molar-refractivity contribution >= 4 is 5.97 Å². The lowest BCUT2D eigenvalue weighted by Crippen LogP contribution is -2.02. The molecule has 0 fully saturated rings. The molecule has 0 bridgehead atoms. The molecule has 0 saturated carbocycles. The summed E-state index contributed by atoms with van der Waals surface area (Å²) in [4.78, 5) is 10.9. The largest absolute Gasteiger partial charge is 0.502 e. The van der Waals surface area contributed by atoms with E-state index in [1.54, 1.807) is 6.07 Å². The Bertz CT molecular complexity index is 456. The fourth-order valence-electron chi connectivity index (χ4n) is 1.83. The summed E-state index contributed by atoms with van der Waals surface area (Å²) in [6.45, 7) is 4.76. The summed E-state index contributed by atoms with van der Waals surface area (Å²) in [5.41, 5.74) is 0.182. The second-order valence-corrected chi connectivity index (χ2v) is 4.47. The normalized spacial score (nSPS) is 9.95. The first kappa shape index (κ1) is 16.9. The van der Waals surface area contributed by atoms with Gasteiger partial charge in [-0.3, -0.25) is 0 Å². The zero-order chi connectivity index (χ0) is 15.5. The molecule has 0 heterocycles. The highest BCUT2D eigenvalue weighted by molar-refractivity contribution is 5.88. The SMILES string of the molecule is C=COCCCCCCOc1ccc(C(=O)O)cc1OC. The number of carbonyl (C=O) groups is 1. The maximum atomic E-state index is 10.9. The first-order chi connectivity index (χ1) is 10.2. The van der Waals surface area contributed by atoms with Gasteiger partial charge in [0.1, 0.15) is 0 Å². The number of carboxylic acid groups (broad SMARTS) is 1. The molecule has 0 saturated heterocycles. The molecule has 0 unspecified atom stereocenters. The summed E-state index contributed by atoms with van der Waals surface area (Å²) in [6.07, 6.45) is 5.51. The van der Waals surface area contributed by atoms with E-state index in [0.717, 1.165) is 25.7 Å². The van der Waals surface area contributed by atoms with Crippen molar-refractivity contribution < 1.29 is 24.1 Å². The van der Waals surface area contributed by atoms with Gasteiger partial charge in [-0.05, 0) is 43.9 Å². The minimum absolute atomic E-state index is 0.182. The van der Waals surface area contributed by atoms with Gasteiger partial charge in [0.05, 0.1) is 32.1 Å². The van der Waals surface area contributed by atoms with Crippen LogP contribution in [0.4, 0.5) is 0 Å². The molecular weight excluding hydrogens is 272 g/mol.